The molecule has 0 unspecified atom stereocenters. The third kappa shape index (κ3) is 3.57. The molecule has 0 amide bonds. The average Bonchev–Trinajstić information content (AvgIpc) is 2.37. The van der Waals surface area contributed by atoms with Gasteiger partial charge in [-0.05, 0) is 40.2 Å². The zero-order valence-electron chi connectivity index (χ0n) is 10.2. The molecular weight excluding hydrogens is 446 g/mol. The van der Waals surface area contributed by atoms with Crippen LogP contribution in [0.25, 0.3) is 0 Å². The molecule has 0 spiro atoms. The molecule has 0 aliphatic carbocycles. The van der Waals surface area contributed by atoms with Crippen LogP contribution in [0.15, 0.2) is 33.2 Å². The molecule has 0 N–H and O–H groups in total. The maximum atomic E-state index is 13.7. The molecule has 0 saturated heterocycles. The summed E-state index contributed by atoms with van der Waals surface area (Å²) in [6.07, 6.45) is -4.90. The summed E-state index contributed by atoms with van der Waals surface area (Å²) in [7, 11) is 0. The van der Waals surface area contributed by atoms with E-state index in [1.54, 1.807) is 0 Å². The number of hydrogen-bond donors (Lipinski definition) is 0. The zero-order valence-corrected chi connectivity index (χ0v) is 13.4. The van der Waals surface area contributed by atoms with E-state index in [0.29, 0.717) is 0 Å². The summed E-state index contributed by atoms with van der Waals surface area (Å²) >= 11 is 5.78. The Labute approximate surface area is 137 Å². The first kappa shape index (κ1) is 17.1. The highest BCUT2D eigenvalue weighted by atomic mass is 79.9. The summed E-state index contributed by atoms with van der Waals surface area (Å²) in [5.74, 6) is -5.26. The first-order chi connectivity index (χ1) is 10.1. The van der Waals surface area contributed by atoms with Gasteiger partial charge in [-0.1, -0.05) is 15.9 Å². The van der Waals surface area contributed by atoms with E-state index in [-0.39, 0.29) is 26.8 Å². The largest absolute Gasteiger partial charge is 0.450 e. The Morgan fingerprint density at radius 2 is 1.36 bits per heavy atom. The normalized spacial score (nSPS) is 11.6. The highest BCUT2D eigenvalue weighted by Crippen LogP contribution is 2.39. The summed E-state index contributed by atoms with van der Waals surface area (Å²) in [5.41, 5.74) is -1.49. The summed E-state index contributed by atoms with van der Waals surface area (Å²) in [5, 5.41) is 0. The second kappa shape index (κ2) is 6.11. The fourth-order valence-corrected chi connectivity index (χ4v) is 2.26. The molecule has 0 bridgehead atoms. The molecule has 0 fully saturated rings. The minimum absolute atomic E-state index is 0.0979. The van der Waals surface area contributed by atoms with Crippen LogP contribution in [-0.4, -0.2) is 0 Å². The van der Waals surface area contributed by atoms with Gasteiger partial charge in [-0.15, -0.1) is 0 Å². The minimum Gasteiger partial charge on any atom is -0.450 e. The number of benzene rings is 2. The molecule has 0 saturated carbocycles. The van der Waals surface area contributed by atoms with Crippen LogP contribution >= 0.6 is 31.9 Å². The van der Waals surface area contributed by atoms with Crippen LogP contribution in [0.1, 0.15) is 5.56 Å². The molecule has 2 aromatic carbocycles. The van der Waals surface area contributed by atoms with Crippen molar-refractivity contribution in [3.05, 3.63) is 56.2 Å². The predicted molar refractivity (Wildman–Crippen MR) is 73.2 cm³/mol. The monoisotopic (exact) mass is 448 g/mol. The van der Waals surface area contributed by atoms with Crippen LogP contribution in [-0.2, 0) is 6.18 Å². The number of hydrogen-bond acceptors (Lipinski definition) is 1. The van der Waals surface area contributed by atoms with E-state index >= 15 is 0 Å². The number of ether oxygens (including phenoxy) is 1. The molecule has 118 valence electrons. The van der Waals surface area contributed by atoms with Crippen molar-refractivity contribution in [3.8, 4) is 11.5 Å². The fourth-order valence-electron chi connectivity index (χ4n) is 1.54. The first-order valence-electron chi connectivity index (χ1n) is 5.48. The van der Waals surface area contributed by atoms with Gasteiger partial charge in [0.25, 0.3) is 0 Å². The molecule has 0 aliphatic rings. The highest BCUT2D eigenvalue weighted by Gasteiger charge is 2.33. The van der Waals surface area contributed by atoms with Crippen molar-refractivity contribution in [2.24, 2.45) is 0 Å². The molecule has 0 atom stereocenters. The van der Waals surface area contributed by atoms with Crippen LogP contribution < -0.4 is 4.74 Å². The van der Waals surface area contributed by atoms with E-state index in [9.17, 15) is 26.3 Å². The second-order valence-electron chi connectivity index (χ2n) is 4.07. The molecule has 0 heterocycles. The molecule has 2 rings (SSSR count). The van der Waals surface area contributed by atoms with Crippen molar-refractivity contribution in [2.45, 2.75) is 6.18 Å². The summed E-state index contributed by atoms with van der Waals surface area (Å²) in [4.78, 5) is 0. The predicted octanol–water partition coefficient (Wildman–Crippen LogP) is 6.44. The van der Waals surface area contributed by atoms with Crippen LogP contribution in [0.5, 0.6) is 11.5 Å². The third-order valence-corrected chi connectivity index (χ3v) is 3.72. The van der Waals surface area contributed by atoms with Gasteiger partial charge >= 0.3 is 6.18 Å². The molecular formula is C13H4Br2F6O. The van der Waals surface area contributed by atoms with E-state index in [1.807, 2.05) is 0 Å². The maximum absolute atomic E-state index is 13.7. The lowest BCUT2D eigenvalue weighted by Gasteiger charge is -2.13. The van der Waals surface area contributed by atoms with Gasteiger partial charge in [0.1, 0.15) is 11.6 Å². The fraction of sp³-hybridized carbons (Fsp3) is 0.0769. The van der Waals surface area contributed by atoms with Gasteiger partial charge in [0.15, 0.2) is 17.4 Å². The quantitative estimate of drug-likeness (QED) is 0.378. The number of halogens is 8. The Morgan fingerprint density at radius 1 is 0.818 bits per heavy atom. The third-order valence-electron chi connectivity index (χ3n) is 2.50. The van der Waals surface area contributed by atoms with E-state index in [2.05, 4.69) is 31.9 Å². The first-order valence-corrected chi connectivity index (χ1v) is 7.07. The van der Waals surface area contributed by atoms with Crippen molar-refractivity contribution in [1.29, 1.82) is 0 Å². The van der Waals surface area contributed by atoms with Gasteiger partial charge in [0.05, 0.1) is 10.0 Å². The van der Waals surface area contributed by atoms with Crippen molar-refractivity contribution >= 4 is 31.9 Å². The highest BCUT2D eigenvalue weighted by molar-refractivity contribution is 9.11. The smallest absolute Gasteiger partial charge is 0.416 e. The van der Waals surface area contributed by atoms with Crippen molar-refractivity contribution < 1.29 is 31.1 Å². The average molecular weight is 450 g/mol. The Bertz CT molecular complexity index is 706. The number of alkyl halides is 3. The Hall–Kier alpha value is -1.22. The Kier molecular flexibility index (Phi) is 4.76. The number of rotatable bonds is 2. The van der Waals surface area contributed by atoms with Crippen LogP contribution in [0.4, 0.5) is 26.3 Å². The molecule has 0 aliphatic heterocycles. The Balaban J connectivity index is 2.47. The van der Waals surface area contributed by atoms with E-state index in [4.69, 9.17) is 4.74 Å². The molecule has 9 heteroatoms. The zero-order chi connectivity index (χ0) is 16.7. The molecule has 0 aromatic heterocycles. The van der Waals surface area contributed by atoms with E-state index < -0.39 is 34.9 Å². The molecule has 1 nitrogen and oxygen atoms in total. The SMILES string of the molecule is Fc1cc(Br)cc(Oc2c(F)cc(C(F)(F)F)cc2F)c1Br. The maximum Gasteiger partial charge on any atom is 0.416 e. The van der Waals surface area contributed by atoms with Gasteiger partial charge in [-0.2, -0.15) is 13.2 Å². The summed E-state index contributed by atoms with van der Waals surface area (Å²) in [6, 6.07) is 2.46. The molecule has 0 radical (unpaired) electrons. The Morgan fingerprint density at radius 3 is 1.86 bits per heavy atom. The lowest BCUT2D eigenvalue weighted by atomic mass is 10.2. The van der Waals surface area contributed by atoms with Gasteiger partial charge in [-0.25, -0.2) is 13.2 Å². The molecule has 2 aromatic rings. The minimum atomic E-state index is -4.90. The van der Waals surface area contributed by atoms with Gasteiger partial charge in [0, 0.05) is 4.47 Å². The standard InChI is InChI=1S/C13H4Br2F6O/c14-6-3-7(16)11(15)10(4-6)22-12-8(17)1-5(2-9(12)18)13(19,20)21/h1-4H. The van der Waals surface area contributed by atoms with Crippen LogP contribution in [0, 0.1) is 17.5 Å². The molecule has 22 heavy (non-hydrogen) atoms. The second-order valence-corrected chi connectivity index (χ2v) is 5.78. The van der Waals surface area contributed by atoms with Gasteiger partial charge < -0.3 is 4.74 Å². The van der Waals surface area contributed by atoms with Crippen molar-refractivity contribution in [2.75, 3.05) is 0 Å². The van der Waals surface area contributed by atoms with Crippen molar-refractivity contribution in [1.82, 2.24) is 0 Å². The van der Waals surface area contributed by atoms with Gasteiger partial charge in [-0.3, -0.25) is 0 Å². The summed E-state index contributed by atoms with van der Waals surface area (Å²) in [6.45, 7) is 0. The van der Waals surface area contributed by atoms with Crippen LogP contribution in [0.3, 0.4) is 0 Å². The van der Waals surface area contributed by atoms with E-state index in [1.165, 1.54) is 6.07 Å². The van der Waals surface area contributed by atoms with E-state index in [0.717, 1.165) is 6.07 Å². The van der Waals surface area contributed by atoms with Crippen molar-refractivity contribution in [3.63, 3.8) is 0 Å². The topological polar surface area (TPSA) is 9.23 Å². The lowest BCUT2D eigenvalue weighted by molar-refractivity contribution is -0.138. The summed E-state index contributed by atoms with van der Waals surface area (Å²) < 4.78 is 83.0. The lowest BCUT2D eigenvalue weighted by Crippen LogP contribution is -2.07. The van der Waals surface area contributed by atoms with Crippen LogP contribution in [0.2, 0.25) is 0 Å². The van der Waals surface area contributed by atoms with Gasteiger partial charge in [0.2, 0.25) is 0 Å².